The zero-order valence-corrected chi connectivity index (χ0v) is 23.0. The molecule has 0 aromatic heterocycles. The second-order valence-corrected chi connectivity index (χ2v) is 10.3. The predicted octanol–water partition coefficient (Wildman–Crippen LogP) is 3.57. The largest absolute Gasteiger partial charge is 0.539 e. The van der Waals surface area contributed by atoms with Crippen LogP contribution in [0.15, 0.2) is 97.1 Å². The number of fused-ring (bicyclic) bond motifs is 2. The van der Waals surface area contributed by atoms with Crippen LogP contribution in [-0.4, -0.2) is 53.8 Å². The fourth-order valence-electron chi connectivity index (χ4n) is 5.66. The average Bonchev–Trinajstić information content (AvgIpc) is 2.96. The van der Waals surface area contributed by atoms with Crippen LogP contribution in [0.2, 0.25) is 0 Å². The van der Waals surface area contributed by atoms with Crippen LogP contribution in [0, 0.1) is 0 Å². The molecule has 202 valence electrons. The van der Waals surface area contributed by atoms with E-state index in [4.69, 9.17) is 4.65 Å². The number of para-hydroxylation sites is 1. The molecule has 0 fully saturated rings. The van der Waals surface area contributed by atoms with Gasteiger partial charge in [-0.2, -0.15) is 0 Å². The maximum Gasteiger partial charge on any atom is 0.504 e. The molecule has 5 aromatic rings. The lowest BCUT2D eigenvalue weighted by molar-refractivity contribution is 0.316. The van der Waals surface area contributed by atoms with Gasteiger partial charge >= 0.3 is 14.8 Å². The molecule has 0 radical (unpaired) electrons. The van der Waals surface area contributed by atoms with Gasteiger partial charge in [0.2, 0.25) is 0 Å². The van der Waals surface area contributed by atoms with Gasteiger partial charge in [0, 0.05) is 31.7 Å². The van der Waals surface area contributed by atoms with E-state index in [9.17, 15) is 15.1 Å². The maximum absolute atomic E-state index is 9.84. The first-order chi connectivity index (χ1) is 19.5. The van der Waals surface area contributed by atoms with Gasteiger partial charge in [-0.15, -0.1) is 0 Å². The van der Waals surface area contributed by atoms with Crippen molar-refractivity contribution in [2.24, 2.45) is 0 Å². The van der Waals surface area contributed by atoms with E-state index >= 15 is 0 Å². The summed E-state index contributed by atoms with van der Waals surface area (Å²) in [6, 6.07) is 32.5. The molecule has 0 spiro atoms. The third-order valence-electron chi connectivity index (χ3n) is 7.42. The van der Waals surface area contributed by atoms with Crippen LogP contribution >= 0.6 is 0 Å². The quantitative estimate of drug-likeness (QED) is 0.179. The second kappa shape index (κ2) is 12.7. The fraction of sp³-hybridized carbons (Fsp3) is 0.188. The summed E-state index contributed by atoms with van der Waals surface area (Å²) in [6.07, 6.45) is 0. The molecule has 0 aliphatic heterocycles. The summed E-state index contributed by atoms with van der Waals surface area (Å²) in [7, 11) is 2.33. The van der Waals surface area contributed by atoms with Crippen molar-refractivity contribution in [3.63, 3.8) is 0 Å². The van der Waals surface area contributed by atoms with E-state index in [1.165, 1.54) is 32.7 Å². The number of hydrogen-bond acceptors (Lipinski definition) is 6. The zero-order valence-electron chi connectivity index (χ0n) is 23.0. The minimum Gasteiger partial charge on any atom is -0.539 e. The normalized spacial score (nSPS) is 11.5. The Kier molecular flexibility index (Phi) is 8.85. The van der Waals surface area contributed by atoms with E-state index in [0.717, 1.165) is 17.7 Å². The highest BCUT2D eigenvalue weighted by molar-refractivity contribution is 6.59. The Morgan fingerprint density at radius 1 is 0.600 bits per heavy atom. The van der Waals surface area contributed by atoms with Gasteiger partial charge in [-0.05, 0) is 63.9 Å². The number of rotatable bonds is 11. The van der Waals surface area contributed by atoms with Gasteiger partial charge in [-0.3, -0.25) is 9.80 Å². The number of nitrogens with zero attached hydrogens (tertiary/aromatic N) is 2. The van der Waals surface area contributed by atoms with Crippen molar-refractivity contribution in [2.75, 3.05) is 14.1 Å². The molecule has 40 heavy (non-hydrogen) atoms. The minimum atomic E-state index is -1.50. The van der Waals surface area contributed by atoms with Crippen LogP contribution in [0.5, 0.6) is 5.75 Å². The van der Waals surface area contributed by atoms with E-state index in [0.29, 0.717) is 30.8 Å². The molecule has 0 saturated heterocycles. The summed E-state index contributed by atoms with van der Waals surface area (Å²) in [6.45, 7) is 2.72. The van der Waals surface area contributed by atoms with Gasteiger partial charge in [0.1, 0.15) is 5.75 Å². The molecule has 0 saturated carbocycles. The lowest BCUT2D eigenvalue weighted by Crippen LogP contribution is -2.35. The summed E-state index contributed by atoms with van der Waals surface area (Å²) in [4.78, 5) is 4.50. The van der Waals surface area contributed by atoms with Gasteiger partial charge in [-0.25, -0.2) is 0 Å². The minimum absolute atomic E-state index is 0.349. The lowest BCUT2D eigenvalue weighted by Gasteiger charge is -2.25. The summed E-state index contributed by atoms with van der Waals surface area (Å²) in [5, 5.41) is 33.9. The van der Waals surface area contributed by atoms with E-state index in [2.05, 4.69) is 72.4 Å². The van der Waals surface area contributed by atoms with Crippen molar-refractivity contribution in [3.8, 4) is 5.75 Å². The summed E-state index contributed by atoms with van der Waals surface area (Å²) < 4.78 is 5.44. The van der Waals surface area contributed by atoms with Crippen LogP contribution in [0.1, 0.15) is 22.3 Å². The van der Waals surface area contributed by atoms with Gasteiger partial charge in [-0.1, -0.05) is 91.0 Å². The molecular formula is C32H34B2N2O4. The van der Waals surface area contributed by atoms with E-state index in [-0.39, 0.29) is 7.69 Å². The molecule has 8 heteroatoms. The van der Waals surface area contributed by atoms with Crippen molar-refractivity contribution in [3.05, 3.63) is 119 Å². The Morgan fingerprint density at radius 3 is 1.52 bits per heavy atom. The molecule has 0 aliphatic carbocycles. The molecule has 5 rings (SSSR count). The van der Waals surface area contributed by atoms with Crippen LogP contribution in [0.25, 0.3) is 21.5 Å². The van der Waals surface area contributed by atoms with Crippen molar-refractivity contribution >= 4 is 41.8 Å². The molecular weight excluding hydrogens is 498 g/mol. The molecule has 3 N–H and O–H groups in total. The van der Waals surface area contributed by atoms with Crippen molar-refractivity contribution in [1.82, 2.24) is 9.80 Å². The first kappa shape index (κ1) is 27.9. The van der Waals surface area contributed by atoms with Crippen molar-refractivity contribution in [1.29, 1.82) is 0 Å². The topological polar surface area (TPSA) is 76.4 Å². The smallest absolute Gasteiger partial charge is 0.504 e. The van der Waals surface area contributed by atoms with E-state index in [1.54, 1.807) is 6.07 Å². The average molecular weight is 532 g/mol. The molecule has 0 atom stereocenters. The standard InChI is InChI=1S/C32H34B2N2O4/c1-35(19-23-11-3-9-17-31(23)34(38)39)21-29-25-13-5-7-15-27(25)30(28-16-8-6-14-26(28)29)22-36(2)20-24-12-4-10-18-32(24)40-33-37/h3-18,33,37-39H,19-22H2,1-2H3. The Balaban J connectivity index is 1.50. The maximum atomic E-state index is 9.84. The van der Waals surface area contributed by atoms with Crippen LogP contribution in [0.3, 0.4) is 0 Å². The van der Waals surface area contributed by atoms with Gasteiger partial charge in [0.05, 0.1) is 0 Å². The highest BCUT2D eigenvalue weighted by atomic mass is 16.5. The third kappa shape index (κ3) is 6.07. The first-order valence-corrected chi connectivity index (χ1v) is 13.5. The van der Waals surface area contributed by atoms with Gasteiger partial charge in [0.15, 0.2) is 0 Å². The second-order valence-electron chi connectivity index (χ2n) is 10.3. The summed E-state index contributed by atoms with van der Waals surface area (Å²) in [5.41, 5.74) is 4.99. The van der Waals surface area contributed by atoms with Crippen LogP contribution in [0.4, 0.5) is 0 Å². The Morgan fingerprint density at radius 2 is 1.02 bits per heavy atom. The molecule has 0 bridgehead atoms. The zero-order chi connectivity index (χ0) is 28.1. The Hall–Kier alpha value is -3.65. The monoisotopic (exact) mass is 532 g/mol. The fourth-order valence-corrected chi connectivity index (χ4v) is 5.66. The third-order valence-corrected chi connectivity index (χ3v) is 7.42. The molecule has 6 nitrogen and oxygen atoms in total. The van der Waals surface area contributed by atoms with E-state index in [1.807, 2.05) is 42.5 Å². The van der Waals surface area contributed by atoms with Crippen LogP contribution < -0.4 is 10.1 Å². The van der Waals surface area contributed by atoms with Crippen molar-refractivity contribution < 1.29 is 19.7 Å². The number of hydrogen-bond donors (Lipinski definition) is 3. The highest BCUT2D eigenvalue weighted by Gasteiger charge is 2.19. The van der Waals surface area contributed by atoms with E-state index < -0.39 is 7.12 Å². The Labute approximate surface area is 236 Å². The molecule has 0 unspecified atom stereocenters. The molecule has 5 aromatic carbocycles. The van der Waals surface area contributed by atoms with Gasteiger partial charge < -0.3 is 19.7 Å². The summed E-state index contributed by atoms with van der Waals surface area (Å²) in [5.74, 6) is 0.695. The SMILES string of the molecule is CN(Cc1ccccc1OBO)Cc1c2ccccc2c(CN(C)Cc2ccccc2B(O)O)c2ccccc12. The number of benzene rings is 5. The molecule has 0 heterocycles. The summed E-state index contributed by atoms with van der Waals surface area (Å²) >= 11 is 0. The van der Waals surface area contributed by atoms with Crippen LogP contribution in [-0.2, 0) is 26.2 Å². The highest BCUT2D eigenvalue weighted by Crippen LogP contribution is 2.35. The Bertz CT molecular complexity index is 1550. The van der Waals surface area contributed by atoms with Crippen molar-refractivity contribution in [2.45, 2.75) is 26.2 Å². The predicted molar refractivity (Wildman–Crippen MR) is 165 cm³/mol. The van der Waals surface area contributed by atoms with Gasteiger partial charge in [0.25, 0.3) is 0 Å². The molecule has 0 amide bonds. The lowest BCUT2D eigenvalue weighted by atomic mass is 9.77. The molecule has 0 aliphatic rings. The first-order valence-electron chi connectivity index (χ1n) is 13.5.